The zero-order chi connectivity index (χ0) is 21.8. The van der Waals surface area contributed by atoms with Crippen molar-refractivity contribution in [3.8, 4) is 5.75 Å². The molecule has 7 heteroatoms. The summed E-state index contributed by atoms with van der Waals surface area (Å²) in [6.07, 6.45) is -0.167. The number of aliphatic hydroxyl groups excluding tert-OH is 1. The molecule has 0 spiro atoms. The normalized spacial score (nSPS) is 8.36. The van der Waals surface area contributed by atoms with Crippen molar-refractivity contribution in [3.05, 3.63) is 84.9 Å². The number of phenolic OH excluding ortho intramolecular Hbond substituents is 1. The van der Waals surface area contributed by atoms with Gasteiger partial charge in [0.2, 0.25) is 0 Å². The Hall–Kier alpha value is -2.67. The molecule has 0 aliphatic heterocycles. The van der Waals surface area contributed by atoms with Gasteiger partial charge in [0.05, 0.1) is 0 Å². The summed E-state index contributed by atoms with van der Waals surface area (Å²) in [6, 6.07) is 26.5. The van der Waals surface area contributed by atoms with Gasteiger partial charge in [0.25, 0.3) is 0 Å². The third-order valence-electron chi connectivity index (χ3n) is 2.38. The number of phenols is 1. The van der Waals surface area contributed by atoms with E-state index in [4.69, 9.17) is 30.7 Å². The monoisotopic (exact) mass is 417 g/mol. The number of benzene rings is 3. The Balaban J connectivity index is 0. The van der Waals surface area contributed by atoms with E-state index < -0.39 is 0 Å². The van der Waals surface area contributed by atoms with Crippen LogP contribution in [0.1, 0.15) is 13.8 Å². The van der Waals surface area contributed by atoms with Gasteiger partial charge in [-0.1, -0.05) is 11.4 Å². The number of aromatic hydroxyl groups is 1. The van der Waals surface area contributed by atoms with Crippen LogP contribution in [0.5, 0.6) is 5.75 Å². The maximum atomic E-state index is 8.70. The molecule has 0 saturated carbocycles. The van der Waals surface area contributed by atoms with Crippen LogP contribution in [-0.2, 0) is 23.7 Å². The van der Waals surface area contributed by atoms with E-state index in [0.717, 1.165) is 31.8 Å². The quantitative estimate of drug-likeness (QED) is 0.165. The molecule has 0 aromatic heterocycles. The van der Waals surface area contributed by atoms with E-state index in [1.165, 1.54) is 0 Å². The molecule has 0 heterocycles. The molecular weight excluding hydrogens is 390 g/mol. The summed E-state index contributed by atoms with van der Waals surface area (Å²) in [5.41, 5.74) is 18.2. The Morgan fingerprint density at radius 1 is 0.714 bits per heavy atom. The summed E-state index contributed by atoms with van der Waals surface area (Å²) in [4.78, 5) is 0. The second-order valence-corrected chi connectivity index (χ2v) is 5.35. The number of hydrogen-bond donors (Lipinski definition) is 5. The predicted octanol–water partition coefficient (Wildman–Crippen LogP) is 3.38. The molecule has 148 valence electrons. The van der Waals surface area contributed by atoms with Gasteiger partial charge in [0.1, 0.15) is 5.75 Å². The summed E-state index contributed by atoms with van der Waals surface area (Å²) in [7, 11) is 0. The van der Waals surface area contributed by atoms with Crippen LogP contribution in [0.15, 0.2) is 72.8 Å². The molecule has 0 fully saturated rings. The van der Waals surface area contributed by atoms with Gasteiger partial charge < -0.3 is 27.4 Å². The van der Waals surface area contributed by atoms with Crippen molar-refractivity contribution in [2.24, 2.45) is 0 Å². The molecule has 0 unspecified atom stereocenters. The Morgan fingerprint density at radius 2 is 0.964 bits per heavy atom. The summed E-state index contributed by atoms with van der Waals surface area (Å²) < 4.78 is 8.25. The van der Waals surface area contributed by atoms with Crippen LogP contribution in [0.2, 0.25) is 0 Å². The Labute approximate surface area is 178 Å². The molecule has 0 bridgehead atoms. The molecule has 0 aliphatic carbocycles. The molecule has 0 atom stereocenters. The molecular formula is C21H27N3O3Ti. The van der Waals surface area contributed by atoms with Crippen molar-refractivity contribution in [3.63, 3.8) is 0 Å². The Morgan fingerprint density at radius 3 is 1.14 bits per heavy atom. The standard InChI is InChI=1S/C6H7NO.2C6H6N.C3H8O.O.Ti/c7-5-1-3-6(8)4-2-5;2*7-6-4-2-1-3-5-6;1-3(2)4;;/h1-4,8H,7H2;2*2-5H,7H2;3-4H,1-2H3;;/q;2*-1;;;+2. The Bertz CT molecular complexity index is 636. The fraction of sp³-hybridized carbons (Fsp3) is 0.143. The van der Waals surface area contributed by atoms with E-state index >= 15 is 0 Å². The van der Waals surface area contributed by atoms with Crippen LogP contribution in [0.3, 0.4) is 0 Å². The first-order valence-electron chi connectivity index (χ1n) is 8.17. The van der Waals surface area contributed by atoms with Gasteiger partial charge in [0.15, 0.2) is 0 Å². The third-order valence-corrected chi connectivity index (χ3v) is 2.38. The molecule has 3 aromatic rings. The van der Waals surface area contributed by atoms with E-state index in [0.29, 0.717) is 5.69 Å². The fourth-order valence-electron chi connectivity index (χ4n) is 1.27. The summed E-state index contributed by atoms with van der Waals surface area (Å²) in [5.74, 6) is 0.249. The molecule has 0 saturated heterocycles. The van der Waals surface area contributed by atoms with E-state index in [9.17, 15) is 0 Å². The SMILES string of the molecule is CC(C)O.Nc1cc[c-]cc1.Nc1cc[c-]cc1.Nc1ccc(O)cc1.[O]=[Ti+2]. The minimum atomic E-state index is -0.167. The van der Waals surface area contributed by atoms with Crippen molar-refractivity contribution in [1.29, 1.82) is 0 Å². The Kier molecular flexibility index (Phi) is 18.8. The fourth-order valence-corrected chi connectivity index (χ4v) is 1.27. The zero-order valence-corrected chi connectivity index (χ0v) is 17.6. The molecule has 6 nitrogen and oxygen atoms in total. The number of rotatable bonds is 0. The number of nitrogen functional groups attached to an aromatic ring is 3. The second-order valence-electron chi connectivity index (χ2n) is 5.35. The van der Waals surface area contributed by atoms with Gasteiger partial charge in [-0.05, 0) is 38.1 Å². The predicted molar refractivity (Wildman–Crippen MR) is 110 cm³/mol. The number of nitrogens with two attached hydrogens (primary N) is 3. The van der Waals surface area contributed by atoms with Gasteiger partial charge >= 0.3 is 23.7 Å². The van der Waals surface area contributed by atoms with Crippen molar-refractivity contribution in [2.45, 2.75) is 20.0 Å². The van der Waals surface area contributed by atoms with Crippen molar-refractivity contribution in [1.82, 2.24) is 0 Å². The van der Waals surface area contributed by atoms with Gasteiger partial charge in [-0.3, -0.25) is 0 Å². The summed E-state index contributed by atoms with van der Waals surface area (Å²) in [5, 5.41) is 16.8. The van der Waals surface area contributed by atoms with Gasteiger partial charge in [-0.15, -0.1) is 24.3 Å². The average Bonchev–Trinajstić information content (AvgIpc) is 2.68. The van der Waals surface area contributed by atoms with Gasteiger partial charge in [-0.25, -0.2) is 0 Å². The zero-order valence-electron chi connectivity index (χ0n) is 16.0. The van der Waals surface area contributed by atoms with Crippen molar-refractivity contribution < 1.29 is 33.9 Å². The van der Waals surface area contributed by atoms with Crippen LogP contribution in [0.25, 0.3) is 0 Å². The van der Waals surface area contributed by atoms with Crippen LogP contribution in [-0.4, -0.2) is 16.3 Å². The molecule has 28 heavy (non-hydrogen) atoms. The second kappa shape index (κ2) is 19.1. The first kappa shape index (κ1) is 27.6. The number of aliphatic hydroxyl groups is 1. The van der Waals surface area contributed by atoms with Crippen molar-refractivity contribution >= 4 is 17.1 Å². The third kappa shape index (κ3) is 21.4. The van der Waals surface area contributed by atoms with Gasteiger partial charge in [0, 0.05) is 11.8 Å². The molecule has 8 N–H and O–H groups in total. The topological polar surface area (TPSA) is 136 Å². The number of anilines is 3. The van der Waals surface area contributed by atoms with Crippen LogP contribution in [0, 0.1) is 12.1 Å². The van der Waals surface area contributed by atoms with Gasteiger partial charge in [-0.2, -0.15) is 36.4 Å². The van der Waals surface area contributed by atoms with Crippen LogP contribution < -0.4 is 17.2 Å². The average molecular weight is 417 g/mol. The molecule has 0 amide bonds. The minimum absolute atomic E-state index is 0.167. The summed E-state index contributed by atoms with van der Waals surface area (Å²) in [6.45, 7) is 3.44. The molecule has 0 radical (unpaired) electrons. The molecule has 3 rings (SSSR count). The number of hydrogen-bond acceptors (Lipinski definition) is 6. The van der Waals surface area contributed by atoms with E-state index in [2.05, 4.69) is 12.1 Å². The molecule has 0 aliphatic rings. The van der Waals surface area contributed by atoms with E-state index in [-0.39, 0.29) is 11.9 Å². The van der Waals surface area contributed by atoms with Crippen molar-refractivity contribution in [2.75, 3.05) is 17.2 Å². The first-order chi connectivity index (χ1) is 13.3. The van der Waals surface area contributed by atoms with E-state index in [1.54, 1.807) is 86.6 Å². The van der Waals surface area contributed by atoms with Crippen LogP contribution in [0.4, 0.5) is 17.1 Å². The van der Waals surface area contributed by atoms with Crippen LogP contribution >= 0.6 is 0 Å². The summed E-state index contributed by atoms with van der Waals surface area (Å²) >= 11 is 0.750. The maximum absolute atomic E-state index is 8.70. The first-order valence-corrected chi connectivity index (χ1v) is 8.81. The van der Waals surface area contributed by atoms with E-state index in [1.807, 2.05) is 0 Å². The molecule has 3 aromatic carbocycles.